The predicted octanol–water partition coefficient (Wildman–Crippen LogP) is 1.48. The number of halogens is 2. The minimum Gasteiger partial charge on any atom is -0.380 e. The van der Waals surface area contributed by atoms with Crippen molar-refractivity contribution < 1.29 is 13.7 Å². The number of rotatable bonds is 5. The lowest BCUT2D eigenvalue weighted by atomic mass is 10.5. The van der Waals surface area contributed by atoms with Crippen LogP contribution in [0.1, 0.15) is 13.3 Å². The number of ether oxygens (including phenoxy) is 1. The van der Waals surface area contributed by atoms with Crippen molar-refractivity contribution in [3.63, 3.8) is 0 Å². The Morgan fingerprint density at radius 2 is 2.00 bits per heavy atom. The van der Waals surface area contributed by atoms with Crippen LogP contribution in [-0.4, -0.2) is 25.1 Å². The Morgan fingerprint density at radius 1 is 1.33 bits per heavy atom. The standard InChI is InChI=1S/C5H11F2NO/c1-2-4-9-5-3-8(6)7/h2-5H2,1H3. The van der Waals surface area contributed by atoms with Crippen molar-refractivity contribution in [2.24, 2.45) is 0 Å². The summed E-state index contributed by atoms with van der Waals surface area (Å²) >= 11 is 0. The highest BCUT2D eigenvalue weighted by Crippen LogP contribution is 1.88. The zero-order valence-corrected chi connectivity index (χ0v) is 5.44. The molecule has 0 aromatic rings. The van der Waals surface area contributed by atoms with E-state index in [1.54, 1.807) is 0 Å². The fourth-order valence-electron chi connectivity index (χ4n) is 0.380. The topological polar surface area (TPSA) is 12.5 Å². The Kier molecular flexibility index (Phi) is 5.76. The summed E-state index contributed by atoms with van der Waals surface area (Å²) < 4.78 is 27.2. The van der Waals surface area contributed by atoms with Crippen molar-refractivity contribution in [3.8, 4) is 0 Å². The van der Waals surface area contributed by atoms with Gasteiger partial charge in [-0.2, -0.15) is 0 Å². The average molecular weight is 139 g/mol. The number of nitrogens with zero attached hydrogens (tertiary/aromatic N) is 1. The van der Waals surface area contributed by atoms with Gasteiger partial charge in [0, 0.05) is 12.0 Å². The van der Waals surface area contributed by atoms with E-state index in [0.717, 1.165) is 6.42 Å². The lowest BCUT2D eigenvalue weighted by Gasteiger charge is -2.00. The van der Waals surface area contributed by atoms with Gasteiger partial charge in [-0.1, -0.05) is 6.92 Å². The monoisotopic (exact) mass is 139 g/mol. The second-order valence-electron chi connectivity index (χ2n) is 1.64. The van der Waals surface area contributed by atoms with Crippen LogP contribution in [0, 0.1) is 0 Å². The molecule has 0 N–H and O–H groups in total. The number of hydrogen-bond acceptors (Lipinski definition) is 2. The molecule has 0 aliphatic heterocycles. The van der Waals surface area contributed by atoms with Gasteiger partial charge in [0.2, 0.25) is 0 Å². The van der Waals surface area contributed by atoms with E-state index in [1.165, 1.54) is 0 Å². The Morgan fingerprint density at radius 3 is 2.44 bits per heavy atom. The molecule has 0 aromatic heterocycles. The Balaban J connectivity index is 2.75. The van der Waals surface area contributed by atoms with Crippen LogP contribution in [0.25, 0.3) is 0 Å². The molecule has 0 unspecified atom stereocenters. The lowest BCUT2D eigenvalue weighted by molar-refractivity contribution is -0.162. The molecule has 2 nitrogen and oxygen atoms in total. The van der Waals surface area contributed by atoms with E-state index < -0.39 is 5.34 Å². The molecule has 0 atom stereocenters. The second-order valence-corrected chi connectivity index (χ2v) is 1.64. The minimum absolute atomic E-state index is 0.112. The van der Waals surface area contributed by atoms with Gasteiger partial charge < -0.3 is 4.74 Å². The van der Waals surface area contributed by atoms with Crippen molar-refractivity contribution in [2.75, 3.05) is 19.8 Å². The van der Waals surface area contributed by atoms with E-state index in [-0.39, 0.29) is 13.2 Å². The van der Waals surface area contributed by atoms with Crippen LogP contribution >= 0.6 is 0 Å². The molecule has 0 saturated carbocycles. The number of hydrogen-bond donors (Lipinski definition) is 0. The maximum absolute atomic E-state index is 11.2. The van der Waals surface area contributed by atoms with E-state index >= 15 is 0 Å². The highest BCUT2D eigenvalue weighted by atomic mass is 19.4. The van der Waals surface area contributed by atoms with Crippen LogP contribution < -0.4 is 0 Å². The molecule has 0 aliphatic rings. The molecule has 0 aromatic carbocycles. The van der Waals surface area contributed by atoms with E-state index in [0.29, 0.717) is 6.61 Å². The van der Waals surface area contributed by atoms with Crippen molar-refractivity contribution in [3.05, 3.63) is 0 Å². The molecule has 0 aliphatic carbocycles. The van der Waals surface area contributed by atoms with Gasteiger partial charge >= 0.3 is 0 Å². The molecule has 9 heavy (non-hydrogen) atoms. The third-order valence-corrected chi connectivity index (χ3v) is 0.753. The predicted molar refractivity (Wildman–Crippen MR) is 30.0 cm³/mol. The second kappa shape index (κ2) is 5.91. The summed E-state index contributed by atoms with van der Waals surface area (Å²) in [5.74, 6) is 0. The van der Waals surface area contributed by atoms with Crippen molar-refractivity contribution in [1.82, 2.24) is 5.34 Å². The van der Waals surface area contributed by atoms with Crippen LogP contribution in [0.2, 0.25) is 0 Å². The highest BCUT2D eigenvalue weighted by Gasteiger charge is 1.95. The van der Waals surface area contributed by atoms with Gasteiger partial charge in [-0.15, -0.1) is 8.96 Å². The third-order valence-electron chi connectivity index (χ3n) is 0.753. The van der Waals surface area contributed by atoms with E-state index in [4.69, 9.17) is 4.74 Å². The zero-order valence-electron chi connectivity index (χ0n) is 5.44. The summed E-state index contributed by atoms with van der Waals surface area (Å²) in [7, 11) is 0. The molecule has 0 bridgehead atoms. The molecule has 4 heteroatoms. The highest BCUT2D eigenvalue weighted by molar-refractivity contribution is 4.30. The smallest absolute Gasteiger partial charge is 0.0854 e. The van der Waals surface area contributed by atoms with Crippen molar-refractivity contribution >= 4 is 0 Å². The van der Waals surface area contributed by atoms with Gasteiger partial charge in [-0.25, -0.2) is 0 Å². The Labute approximate surface area is 53.3 Å². The van der Waals surface area contributed by atoms with Gasteiger partial charge in [0.15, 0.2) is 0 Å². The van der Waals surface area contributed by atoms with Crippen molar-refractivity contribution in [1.29, 1.82) is 0 Å². The molecule has 0 amide bonds. The molecule has 0 spiro atoms. The van der Waals surface area contributed by atoms with Crippen LogP contribution in [0.4, 0.5) is 8.96 Å². The molecule has 0 saturated heterocycles. The van der Waals surface area contributed by atoms with Crippen LogP contribution in [0.3, 0.4) is 0 Å². The normalized spacial score (nSPS) is 10.7. The molecular weight excluding hydrogens is 128 g/mol. The van der Waals surface area contributed by atoms with Gasteiger partial charge in [0.1, 0.15) is 0 Å². The first-order valence-electron chi connectivity index (χ1n) is 2.94. The fourth-order valence-corrected chi connectivity index (χ4v) is 0.380. The minimum atomic E-state index is -0.879. The largest absolute Gasteiger partial charge is 0.380 e. The van der Waals surface area contributed by atoms with E-state index in [1.807, 2.05) is 6.92 Å². The van der Waals surface area contributed by atoms with Gasteiger partial charge in [0.25, 0.3) is 0 Å². The molecule has 0 rings (SSSR count). The van der Waals surface area contributed by atoms with Gasteiger partial charge in [-0.3, -0.25) is 0 Å². The maximum Gasteiger partial charge on any atom is 0.0854 e. The summed E-state index contributed by atoms with van der Waals surface area (Å²) in [5.41, 5.74) is 0. The zero-order chi connectivity index (χ0) is 7.11. The van der Waals surface area contributed by atoms with E-state index in [9.17, 15) is 8.96 Å². The summed E-state index contributed by atoms with van der Waals surface area (Å²) in [5, 5.41) is -0.879. The summed E-state index contributed by atoms with van der Waals surface area (Å²) in [6.07, 6.45) is 0.874. The first kappa shape index (κ1) is 8.78. The van der Waals surface area contributed by atoms with Crippen LogP contribution in [0.5, 0.6) is 0 Å². The first-order valence-corrected chi connectivity index (χ1v) is 2.94. The van der Waals surface area contributed by atoms with Gasteiger partial charge in [-0.05, 0) is 6.42 Å². The van der Waals surface area contributed by atoms with Crippen LogP contribution in [0.15, 0.2) is 0 Å². The Bertz CT molecular complexity index is 60.9. The fraction of sp³-hybridized carbons (Fsp3) is 1.00. The average Bonchev–Trinajstić information content (AvgIpc) is 1.80. The first-order chi connectivity index (χ1) is 4.27. The summed E-state index contributed by atoms with van der Waals surface area (Å²) in [6.45, 7) is 2.30. The quantitative estimate of drug-likeness (QED) is 0.422. The summed E-state index contributed by atoms with van der Waals surface area (Å²) in [4.78, 5) is 0. The van der Waals surface area contributed by atoms with Crippen LogP contribution in [-0.2, 0) is 4.74 Å². The summed E-state index contributed by atoms with van der Waals surface area (Å²) in [6, 6.07) is 0. The molecular formula is C5H11F2NO. The molecule has 0 radical (unpaired) electrons. The van der Waals surface area contributed by atoms with E-state index in [2.05, 4.69) is 0 Å². The maximum atomic E-state index is 11.2. The lowest BCUT2D eigenvalue weighted by Crippen LogP contribution is -2.10. The molecule has 0 fully saturated rings. The SMILES string of the molecule is CCCOCCN(F)F. The molecule has 56 valence electrons. The van der Waals surface area contributed by atoms with Crippen molar-refractivity contribution in [2.45, 2.75) is 13.3 Å². The third kappa shape index (κ3) is 7.78. The van der Waals surface area contributed by atoms with Gasteiger partial charge in [0.05, 0.1) is 13.2 Å². The molecule has 0 heterocycles. The Hall–Kier alpha value is -0.220.